The molecule has 1 heterocycles. The molecule has 1 aromatic heterocycles. The first-order valence-corrected chi connectivity index (χ1v) is 5.01. The molecule has 0 saturated carbocycles. The number of halogens is 2. The summed E-state index contributed by atoms with van der Waals surface area (Å²) in [7, 11) is 0. The van der Waals surface area contributed by atoms with Crippen LogP contribution in [0, 0.1) is 0 Å². The van der Waals surface area contributed by atoms with Gasteiger partial charge in [-0.2, -0.15) is 0 Å². The number of carboxylic acids is 1. The van der Waals surface area contributed by atoms with E-state index < -0.39 is 5.97 Å². The third kappa shape index (κ3) is 1.94. The molecule has 0 radical (unpaired) electrons. The highest BCUT2D eigenvalue weighted by molar-refractivity contribution is 6.33. The maximum atomic E-state index is 10.6. The van der Waals surface area contributed by atoms with Crippen molar-refractivity contribution in [3.05, 3.63) is 33.9 Å². The van der Waals surface area contributed by atoms with Crippen LogP contribution in [-0.4, -0.2) is 16.1 Å². The number of aromatic amines is 1. The molecular weight excluding hydrogens is 237 g/mol. The highest BCUT2D eigenvalue weighted by Gasteiger charge is 2.12. The Hall–Kier alpha value is -1.19. The summed E-state index contributed by atoms with van der Waals surface area (Å²) in [5.41, 5.74) is 1.35. The molecule has 3 nitrogen and oxygen atoms in total. The fraction of sp³-hybridized carbons (Fsp3) is 0.100. The summed E-state index contributed by atoms with van der Waals surface area (Å²) in [4.78, 5) is 13.5. The normalized spacial score (nSPS) is 10.8. The fourth-order valence-corrected chi connectivity index (χ4v) is 1.96. The number of H-pyrrole nitrogens is 1. The molecule has 0 aliphatic rings. The van der Waals surface area contributed by atoms with Gasteiger partial charge in [0, 0.05) is 21.5 Å². The van der Waals surface area contributed by atoms with Crippen LogP contribution in [-0.2, 0) is 11.2 Å². The molecule has 5 heteroatoms. The topological polar surface area (TPSA) is 53.1 Å². The molecule has 0 saturated heterocycles. The van der Waals surface area contributed by atoms with E-state index in [9.17, 15) is 4.79 Å². The van der Waals surface area contributed by atoms with Crippen molar-refractivity contribution in [3.63, 3.8) is 0 Å². The van der Waals surface area contributed by atoms with Gasteiger partial charge in [0.05, 0.1) is 6.42 Å². The summed E-state index contributed by atoms with van der Waals surface area (Å²) in [6.07, 6.45) is -0.0968. The quantitative estimate of drug-likeness (QED) is 0.852. The molecule has 0 amide bonds. The van der Waals surface area contributed by atoms with Crippen molar-refractivity contribution < 1.29 is 9.90 Å². The van der Waals surface area contributed by atoms with Crippen molar-refractivity contribution in [2.45, 2.75) is 6.42 Å². The van der Waals surface area contributed by atoms with E-state index in [0.717, 1.165) is 10.9 Å². The van der Waals surface area contributed by atoms with Crippen LogP contribution in [0.3, 0.4) is 0 Å². The molecule has 0 atom stereocenters. The van der Waals surface area contributed by atoms with Gasteiger partial charge in [-0.1, -0.05) is 29.3 Å². The van der Waals surface area contributed by atoms with Crippen molar-refractivity contribution in [1.82, 2.24) is 4.98 Å². The second-order valence-electron chi connectivity index (χ2n) is 3.18. The number of benzene rings is 1. The number of carbonyl (C=O) groups is 1. The maximum Gasteiger partial charge on any atom is 0.307 e. The third-order valence-corrected chi connectivity index (χ3v) is 2.70. The van der Waals surface area contributed by atoms with Crippen LogP contribution in [0.25, 0.3) is 10.9 Å². The molecule has 2 rings (SSSR count). The summed E-state index contributed by atoms with van der Waals surface area (Å²) in [5, 5.41) is 10.5. The molecular formula is C10H7Cl2NO2. The Morgan fingerprint density at radius 3 is 2.80 bits per heavy atom. The Balaban J connectivity index is 2.63. The lowest BCUT2D eigenvalue weighted by Crippen LogP contribution is -1.99. The van der Waals surface area contributed by atoms with Crippen LogP contribution in [0.1, 0.15) is 5.56 Å². The maximum absolute atomic E-state index is 10.6. The average molecular weight is 244 g/mol. The van der Waals surface area contributed by atoms with Crippen LogP contribution in [0.4, 0.5) is 0 Å². The second kappa shape index (κ2) is 3.76. The van der Waals surface area contributed by atoms with Gasteiger partial charge in [-0.25, -0.2) is 0 Å². The van der Waals surface area contributed by atoms with Crippen LogP contribution in [0.15, 0.2) is 18.2 Å². The van der Waals surface area contributed by atoms with Crippen LogP contribution in [0.5, 0.6) is 0 Å². The molecule has 0 bridgehead atoms. The average Bonchev–Trinajstić information content (AvgIpc) is 2.41. The Morgan fingerprint density at radius 1 is 1.40 bits per heavy atom. The lowest BCUT2D eigenvalue weighted by molar-refractivity contribution is -0.136. The monoisotopic (exact) mass is 243 g/mol. The molecule has 78 valence electrons. The zero-order valence-electron chi connectivity index (χ0n) is 7.55. The smallest absolute Gasteiger partial charge is 0.307 e. The first kappa shape index (κ1) is 10.3. The van der Waals surface area contributed by atoms with Gasteiger partial charge < -0.3 is 10.1 Å². The lowest BCUT2D eigenvalue weighted by Gasteiger charge is -1.95. The van der Waals surface area contributed by atoms with E-state index in [-0.39, 0.29) is 6.42 Å². The van der Waals surface area contributed by atoms with Gasteiger partial charge >= 0.3 is 5.97 Å². The van der Waals surface area contributed by atoms with Crippen molar-refractivity contribution in [2.24, 2.45) is 0 Å². The molecule has 0 unspecified atom stereocenters. The first-order valence-electron chi connectivity index (χ1n) is 4.25. The van der Waals surface area contributed by atoms with E-state index in [0.29, 0.717) is 15.7 Å². The van der Waals surface area contributed by atoms with Crippen LogP contribution in [0.2, 0.25) is 10.2 Å². The van der Waals surface area contributed by atoms with E-state index in [1.807, 2.05) is 0 Å². The SMILES string of the molecule is O=C(O)Cc1c(Cl)[nH]c2cc(Cl)ccc12. The Kier molecular flexibility index (Phi) is 2.59. The minimum atomic E-state index is -0.909. The number of fused-ring (bicyclic) bond motifs is 1. The van der Waals surface area contributed by atoms with E-state index in [2.05, 4.69) is 4.98 Å². The molecule has 15 heavy (non-hydrogen) atoms. The molecule has 2 aromatic rings. The minimum Gasteiger partial charge on any atom is -0.481 e. The number of nitrogens with one attached hydrogen (secondary N) is 1. The summed E-state index contributed by atoms with van der Waals surface area (Å²) < 4.78 is 0. The largest absolute Gasteiger partial charge is 0.481 e. The molecule has 0 aliphatic heterocycles. The first-order chi connectivity index (χ1) is 7.08. The summed E-state index contributed by atoms with van der Waals surface area (Å²) in [6, 6.07) is 5.19. The van der Waals surface area contributed by atoms with Crippen LogP contribution < -0.4 is 0 Å². The zero-order chi connectivity index (χ0) is 11.0. The minimum absolute atomic E-state index is 0.0968. The van der Waals surface area contributed by atoms with Gasteiger partial charge in [-0.05, 0) is 12.1 Å². The van der Waals surface area contributed by atoms with Crippen molar-refractivity contribution in [2.75, 3.05) is 0 Å². The van der Waals surface area contributed by atoms with E-state index in [1.165, 1.54) is 0 Å². The van der Waals surface area contributed by atoms with Crippen LogP contribution >= 0.6 is 23.2 Å². The zero-order valence-corrected chi connectivity index (χ0v) is 9.06. The van der Waals surface area contributed by atoms with Crippen molar-refractivity contribution in [1.29, 1.82) is 0 Å². The highest BCUT2D eigenvalue weighted by atomic mass is 35.5. The second-order valence-corrected chi connectivity index (χ2v) is 3.99. The van der Waals surface area contributed by atoms with E-state index >= 15 is 0 Å². The van der Waals surface area contributed by atoms with Gasteiger partial charge in [0.25, 0.3) is 0 Å². The van der Waals surface area contributed by atoms with Gasteiger partial charge in [0.2, 0.25) is 0 Å². The third-order valence-electron chi connectivity index (χ3n) is 2.14. The molecule has 2 N–H and O–H groups in total. The standard InChI is InChI=1S/C10H7Cl2NO2/c11-5-1-2-6-7(4-9(14)15)10(12)13-8(6)3-5/h1-3,13H,4H2,(H,14,15). The predicted octanol–water partition coefficient (Wildman–Crippen LogP) is 3.10. The summed E-state index contributed by atoms with van der Waals surface area (Å²) in [6.45, 7) is 0. The number of carboxylic acid groups (broad SMARTS) is 1. The predicted molar refractivity (Wildman–Crippen MR) is 59.7 cm³/mol. The van der Waals surface area contributed by atoms with Gasteiger partial charge in [0.15, 0.2) is 0 Å². The Labute approximate surface area is 95.6 Å². The van der Waals surface area contributed by atoms with Crippen molar-refractivity contribution in [3.8, 4) is 0 Å². The highest BCUT2D eigenvalue weighted by Crippen LogP contribution is 2.28. The molecule has 0 aliphatic carbocycles. The molecule has 1 aromatic carbocycles. The van der Waals surface area contributed by atoms with Gasteiger partial charge in [-0.3, -0.25) is 4.79 Å². The Morgan fingerprint density at radius 2 is 2.13 bits per heavy atom. The van der Waals surface area contributed by atoms with E-state index in [1.54, 1.807) is 18.2 Å². The Bertz CT molecular complexity index is 533. The summed E-state index contributed by atoms with van der Waals surface area (Å²) >= 11 is 11.7. The lowest BCUT2D eigenvalue weighted by atomic mass is 10.1. The van der Waals surface area contributed by atoms with Crippen molar-refractivity contribution >= 4 is 40.1 Å². The number of rotatable bonds is 2. The number of aliphatic carboxylic acids is 1. The molecule has 0 spiro atoms. The fourth-order valence-electron chi connectivity index (χ4n) is 1.52. The number of hydrogen-bond donors (Lipinski definition) is 2. The number of hydrogen-bond acceptors (Lipinski definition) is 1. The summed E-state index contributed by atoms with van der Waals surface area (Å²) in [5.74, 6) is -0.909. The molecule has 0 fully saturated rings. The van der Waals surface area contributed by atoms with E-state index in [4.69, 9.17) is 28.3 Å². The van der Waals surface area contributed by atoms with Gasteiger partial charge in [-0.15, -0.1) is 0 Å². The van der Waals surface area contributed by atoms with Gasteiger partial charge in [0.1, 0.15) is 5.15 Å². The number of aromatic nitrogens is 1.